The molecule has 23 heavy (non-hydrogen) atoms. The van der Waals surface area contributed by atoms with E-state index in [2.05, 4.69) is 10.3 Å². The molecular weight excluding hydrogens is 335 g/mol. The van der Waals surface area contributed by atoms with E-state index in [0.717, 1.165) is 11.1 Å². The molecule has 6 heteroatoms. The summed E-state index contributed by atoms with van der Waals surface area (Å²) in [5, 5.41) is 3.59. The average Bonchev–Trinajstić information content (AvgIpc) is 2.56. The highest BCUT2D eigenvalue weighted by molar-refractivity contribution is 6.33. The van der Waals surface area contributed by atoms with Crippen molar-refractivity contribution in [1.29, 1.82) is 0 Å². The number of halogens is 2. The van der Waals surface area contributed by atoms with Gasteiger partial charge < -0.3 is 10.1 Å². The van der Waals surface area contributed by atoms with Gasteiger partial charge in [-0.3, -0.25) is 0 Å². The van der Waals surface area contributed by atoms with Crippen molar-refractivity contribution >= 4 is 35.4 Å². The minimum absolute atomic E-state index is 0.256. The van der Waals surface area contributed by atoms with Gasteiger partial charge in [0.15, 0.2) is 0 Å². The molecule has 4 nitrogen and oxygen atoms in total. The fourth-order valence-electron chi connectivity index (χ4n) is 1.80. The van der Waals surface area contributed by atoms with E-state index < -0.39 is 6.09 Å². The Morgan fingerprint density at radius 2 is 2.04 bits per heavy atom. The molecule has 1 N–H and O–H groups in total. The van der Waals surface area contributed by atoms with Crippen LogP contribution in [0.4, 0.5) is 4.79 Å². The Labute approximate surface area is 145 Å². The summed E-state index contributed by atoms with van der Waals surface area (Å²) in [5.41, 5.74) is 1.69. The molecule has 0 radical (unpaired) electrons. The van der Waals surface area contributed by atoms with Crippen LogP contribution in [0.3, 0.4) is 0 Å². The molecule has 1 aromatic heterocycles. The summed E-state index contributed by atoms with van der Waals surface area (Å²) in [6.07, 6.45) is 5.40. The number of carbonyl (C=O) groups is 1. The van der Waals surface area contributed by atoms with Gasteiger partial charge in [0.1, 0.15) is 11.8 Å². The highest BCUT2D eigenvalue weighted by Gasteiger charge is 2.01. The zero-order valence-corrected chi connectivity index (χ0v) is 13.8. The molecule has 0 atom stereocenters. The van der Waals surface area contributed by atoms with Crippen LogP contribution in [-0.4, -0.2) is 17.6 Å². The Morgan fingerprint density at radius 1 is 1.26 bits per heavy atom. The molecule has 0 saturated carbocycles. The van der Waals surface area contributed by atoms with E-state index in [4.69, 9.17) is 27.9 Å². The van der Waals surface area contributed by atoms with Crippen molar-refractivity contribution in [2.75, 3.05) is 6.54 Å². The standard InChI is InChI=1S/C17H16Cl2N2O2/c18-15-10-14(16(19)21-11-15)8-4-5-9-20-17(22)23-12-13-6-2-1-3-7-13/h1-4,6-8,10-11H,5,9,12H2,(H,20,22). The van der Waals surface area contributed by atoms with Crippen LogP contribution in [0, 0.1) is 0 Å². The lowest BCUT2D eigenvalue weighted by Gasteiger charge is -2.05. The van der Waals surface area contributed by atoms with Gasteiger partial charge in [-0.2, -0.15) is 0 Å². The Hall–Kier alpha value is -2.04. The number of pyridine rings is 1. The Kier molecular flexibility index (Phi) is 6.91. The minimum atomic E-state index is -0.440. The first kappa shape index (κ1) is 17.3. The predicted molar refractivity (Wildman–Crippen MR) is 92.5 cm³/mol. The monoisotopic (exact) mass is 350 g/mol. The normalized spacial score (nSPS) is 10.7. The molecule has 2 aromatic rings. The maximum Gasteiger partial charge on any atom is 0.407 e. The first-order valence-corrected chi connectivity index (χ1v) is 7.83. The van der Waals surface area contributed by atoms with E-state index in [1.54, 1.807) is 6.07 Å². The molecule has 0 unspecified atom stereocenters. The summed E-state index contributed by atoms with van der Waals surface area (Å²) < 4.78 is 5.11. The van der Waals surface area contributed by atoms with E-state index in [1.165, 1.54) is 6.20 Å². The third-order valence-electron chi connectivity index (χ3n) is 2.92. The molecule has 0 bridgehead atoms. The fraction of sp³-hybridized carbons (Fsp3) is 0.176. The molecule has 1 heterocycles. The third kappa shape index (κ3) is 6.30. The number of ether oxygens (including phenoxy) is 1. The highest BCUT2D eigenvalue weighted by Crippen LogP contribution is 2.18. The van der Waals surface area contributed by atoms with Gasteiger partial charge in [-0.15, -0.1) is 0 Å². The molecule has 2 rings (SSSR count). The van der Waals surface area contributed by atoms with Crippen molar-refractivity contribution in [2.45, 2.75) is 13.0 Å². The third-order valence-corrected chi connectivity index (χ3v) is 3.45. The lowest BCUT2D eigenvalue weighted by atomic mass is 10.2. The molecule has 0 aliphatic carbocycles. The Balaban J connectivity index is 1.67. The van der Waals surface area contributed by atoms with E-state index in [1.807, 2.05) is 42.5 Å². The molecule has 0 saturated heterocycles. The number of alkyl carbamates (subject to hydrolysis) is 1. The summed E-state index contributed by atoms with van der Waals surface area (Å²) in [6.45, 7) is 0.724. The lowest BCUT2D eigenvalue weighted by molar-refractivity contribution is 0.140. The summed E-state index contributed by atoms with van der Waals surface area (Å²) in [6, 6.07) is 11.2. The SMILES string of the molecule is O=C(NCCC=Cc1cc(Cl)cnc1Cl)OCc1ccccc1. The fourth-order valence-corrected chi connectivity index (χ4v) is 2.13. The van der Waals surface area contributed by atoms with Crippen molar-refractivity contribution in [1.82, 2.24) is 10.3 Å². The van der Waals surface area contributed by atoms with Crippen LogP contribution in [0.5, 0.6) is 0 Å². The van der Waals surface area contributed by atoms with Gasteiger partial charge in [0.2, 0.25) is 0 Å². The van der Waals surface area contributed by atoms with Crippen LogP contribution in [0.1, 0.15) is 17.5 Å². The van der Waals surface area contributed by atoms with Crippen molar-refractivity contribution in [2.24, 2.45) is 0 Å². The smallest absolute Gasteiger partial charge is 0.407 e. The highest BCUT2D eigenvalue weighted by atomic mass is 35.5. The van der Waals surface area contributed by atoms with Gasteiger partial charge >= 0.3 is 6.09 Å². The Bertz CT molecular complexity index is 676. The van der Waals surface area contributed by atoms with E-state index >= 15 is 0 Å². The van der Waals surface area contributed by atoms with Crippen LogP contribution in [0.15, 0.2) is 48.7 Å². The number of nitrogens with one attached hydrogen (secondary N) is 1. The topological polar surface area (TPSA) is 51.2 Å². The average molecular weight is 351 g/mol. The first-order valence-electron chi connectivity index (χ1n) is 7.07. The predicted octanol–water partition coefficient (Wildman–Crippen LogP) is 4.72. The maximum absolute atomic E-state index is 11.5. The summed E-state index contributed by atoms with van der Waals surface area (Å²) in [7, 11) is 0. The van der Waals surface area contributed by atoms with Crippen molar-refractivity contribution < 1.29 is 9.53 Å². The molecule has 120 valence electrons. The number of aromatic nitrogens is 1. The van der Waals surface area contributed by atoms with E-state index in [-0.39, 0.29) is 6.61 Å². The van der Waals surface area contributed by atoms with Gasteiger partial charge in [-0.1, -0.05) is 65.7 Å². The zero-order valence-electron chi connectivity index (χ0n) is 12.3. The minimum Gasteiger partial charge on any atom is -0.445 e. The van der Waals surface area contributed by atoms with Gasteiger partial charge in [0.25, 0.3) is 0 Å². The molecule has 0 spiro atoms. The van der Waals surface area contributed by atoms with Crippen molar-refractivity contribution in [3.05, 3.63) is 70.0 Å². The second-order valence-electron chi connectivity index (χ2n) is 4.71. The number of rotatable bonds is 6. The second-order valence-corrected chi connectivity index (χ2v) is 5.51. The second kappa shape index (κ2) is 9.18. The van der Waals surface area contributed by atoms with Crippen molar-refractivity contribution in [3.63, 3.8) is 0 Å². The zero-order chi connectivity index (χ0) is 16.5. The van der Waals surface area contributed by atoms with E-state index in [0.29, 0.717) is 23.1 Å². The number of carbonyl (C=O) groups excluding carboxylic acids is 1. The Morgan fingerprint density at radius 3 is 2.83 bits per heavy atom. The quantitative estimate of drug-likeness (QED) is 0.605. The molecule has 0 aliphatic rings. The summed E-state index contributed by atoms with van der Waals surface area (Å²) in [4.78, 5) is 15.5. The number of hydrogen-bond acceptors (Lipinski definition) is 3. The molecule has 1 aromatic carbocycles. The number of benzene rings is 1. The number of amides is 1. The number of nitrogens with zero attached hydrogens (tertiary/aromatic N) is 1. The van der Waals surface area contributed by atoms with E-state index in [9.17, 15) is 4.79 Å². The molecule has 0 aliphatic heterocycles. The van der Waals surface area contributed by atoms with Gasteiger partial charge in [0, 0.05) is 18.3 Å². The van der Waals surface area contributed by atoms with Crippen LogP contribution in [-0.2, 0) is 11.3 Å². The van der Waals surface area contributed by atoms with Gasteiger partial charge in [0.05, 0.1) is 5.02 Å². The van der Waals surface area contributed by atoms with Crippen LogP contribution in [0.25, 0.3) is 6.08 Å². The number of hydrogen-bond donors (Lipinski definition) is 1. The van der Waals surface area contributed by atoms with Crippen LogP contribution >= 0.6 is 23.2 Å². The van der Waals surface area contributed by atoms with Crippen molar-refractivity contribution in [3.8, 4) is 0 Å². The first-order chi connectivity index (χ1) is 11.1. The maximum atomic E-state index is 11.5. The summed E-state index contributed by atoms with van der Waals surface area (Å²) >= 11 is 11.8. The molecule has 0 fully saturated rings. The lowest BCUT2D eigenvalue weighted by Crippen LogP contribution is -2.24. The van der Waals surface area contributed by atoms with Crippen LogP contribution < -0.4 is 5.32 Å². The van der Waals surface area contributed by atoms with Gasteiger partial charge in [-0.05, 0) is 18.1 Å². The van der Waals surface area contributed by atoms with Gasteiger partial charge in [-0.25, -0.2) is 9.78 Å². The largest absolute Gasteiger partial charge is 0.445 e. The van der Waals surface area contributed by atoms with Crippen LogP contribution in [0.2, 0.25) is 10.2 Å². The summed E-state index contributed by atoms with van der Waals surface area (Å²) in [5.74, 6) is 0. The molecular formula is C17H16Cl2N2O2. The molecule has 1 amide bonds.